The predicted molar refractivity (Wildman–Crippen MR) is 34.2 cm³/mol. The Hall–Kier alpha value is -1.92. The van der Waals surface area contributed by atoms with E-state index in [2.05, 4.69) is 4.98 Å². The van der Waals surface area contributed by atoms with Crippen LogP contribution in [-0.2, 0) is 7.05 Å². The lowest BCUT2D eigenvalue weighted by Crippen LogP contribution is -2.24. The molecule has 0 saturated heterocycles. The van der Waals surface area contributed by atoms with Gasteiger partial charge in [-0.25, -0.2) is 4.57 Å². The van der Waals surface area contributed by atoms with E-state index in [1.165, 1.54) is 7.05 Å². The van der Waals surface area contributed by atoms with Gasteiger partial charge >= 0.3 is 5.95 Å². The zero-order valence-corrected chi connectivity index (χ0v) is 6.05. The molecule has 0 aliphatic heterocycles. The van der Waals surface area contributed by atoms with Gasteiger partial charge in [-0.3, -0.25) is 0 Å². The van der Waals surface area contributed by atoms with Crippen molar-refractivity contribution in [2.75, 3.05) is 0 Å². The van der Waals surface area contributed by atoms with Gasteiger partial charge in [0.2, 0.25) is 0 Å². The minimum atomic E-state index is -1.49. The summed E-state index contributed by atoms with van der Waals surface area (Å²) in [6.07, 6.45) is 0.882. The number of hydrogen-bond acceptors (Lipinski definition) is 5. The Morgan fingerprint density at radius 3 is 2.58 bits per heavy atom. The predicted octanol–water partition coefficient (Wildman–Crippen LogP) is -1.31. The number of aromatic carboxylic acids is 1. The van der Waals surface area contributed by atoms with Crippen molar-refractivity contribution in [3.05, 3.63) is 22.0 Å². The molecule has 1 aromatic rings. The van der Waals surface area contributed by atoms with Crippen LogP contribution in [0.3, 0.4) is 0 Å². The van der Waals surface area contributed by atoms with Crippen LogP contribution in [-0.4, -0.2) is 20.4 Å². The first-order valence-corrected chi connectivity index (χ1v) is 2.91. The molecule has 0 aromatic carbocycles. The minimum Gasteiger partial charge on any atom is -0.542 e. The summed E-state index contributed by atoms with van der Waals surface area (Å²) in [7, 11) is 1.23. The van der Waals surface area contributed by atoms with E-state index in [1.807, 2.05) is 0 Å². The van der Waals surface area contributed by atoms with Crippen LogP contribution in [0.2, 0.25) is 0 Å². The number of rotatable bonds is 2. The summed E-state index contributed by atoms with van der Waals surface area (Å²) in [6, 6.07) is 0. The lowest BCUT2D eigenvalue weighted by molar-refractivity contribution is -0.396. The van der Waals surface area contributed by atoms with Crippen molar-refractivity contribution in [1.29, 1.82) is 0 Å². The Labute approximate surface area is 66.4 Å². The maximum Gasteiger partial charge on any atom is 0.434 e. The molecular formula is C5H4N3O4-. The van der Waals surface area contributed by atoms with Crippen molar-refractivity contribution < 1.29 is 14.8 Å². The SMILES string of the molecule is Cn1c(C(=O)[O-])cnc1[N+](=O)[O-]. The third kappa shape index (κ3) is 1.11. The summed E-state index contributed by atoms with van der Waals surface area (Å²) < 4.78 is 0.843. The number of aromatic nitrogens is 2. The van der Waals surface area contributed by atoms with Crippen LogP contribution in [0.15, 0.2) is 6.20 Å². The van der Waals surface area contributed by atoms with Crippen molar-refractivity contribution in [2.45, 2.75) is 0 Å². The van der Waals surface area contributed by atoms with Gasteiger partial charge in [-0.2, -0.15) is 0 Å². The molecule has 0 atom stereocenters. The molecule has 0 amide bonds. The first kappa shape index (κ1) is 8.18. The van der Waals surface area contributed by atoms with Crippen LogP contribution < -0.4 is 5.11 Å². The van der Waals surface area contributed by atoms with Gasteiger partial charge in [0, 0.05) is 0 Å². The number of hydrogen-bond donors (Lipinski definition) is 0. The Morgan fingerprint density at radius 2 is 2.33 bits per heavy atom. The average Bonchev–Trinajstić information content (AvgIpc) is 2.30. The molecule has 0 bridgehead atoms. The minimum absolute atomic E-state index is 0.318. The molecule has 1 heterocycles. The summed E-state index contributed by atoms with van der Waals surface area (Å²) in [6.45, 7) is 0. The Kier molecular flexibility index (Phi) is 1.78. The fourth-order valence-corrected chi connectivity index (χ4v) is 0.759. The molecule has 0 unspecified atom stereocenters. The van der Waals surface area contributed by atoms with Crippen molar-refractivity contribution in [3.8, 4) is 0 Å². The second-order valence-electron chi connectivity index (χ2n) is 2.05. The highest BCUT2D eigenvalue weighted by Crippen LogP contribution is 2.08. The number of nitro groups is 1. The van der Waals surface area contributed by atoms with E-state index < -0.39 is 16.8 Å². The van der Waals surface area contributed by atoms with E-state index in [4.69, 9.17) is 0 Å². The number of nitrogens with zero attached hydrogens (tertiary/aromatic N) is 3. The van der Waals surface area contributed by atoms with E-state index in [-0.39, 0.29) is 5.69 Å². The molecular weight excluding hydrogens is 166 g/mol. The summed E-state index contributed by atoms with van der Waals surface area (Å²) >= 11 is 0. The first-order valence-electron chi connectivity index (χ1n) is 2.91. The Morgan fingerprint density at radius 1 is 1.75 bits per heavy atom. The van der Waals surface area contributed by atoms with E-state index in [0.29, 0.717) is 0 Å². The van der Waals surface area contributed by atoms with Gasteiger partial charge in [0.15, 0.2) is 5.69 Å². The van der Waals surface area contributed by atoms with Crippen LogP contribution in [0, 0.1) is 10.1 Å². The number of carboxylic acid groups (broad SMARTS) is 1. The largest absolute Gasteiger partial charge is 0.542 e. The highest BCUT2D eigenvalue weighted by molar-refractivity contribution is 5.83. The second-order valence-corrected chi connectivity index (χ2v) is 2.05. The van der Waals surface area contributed by atoms with Gasteiger partial charge in [0.25, 0.3) is 0 Å². The van der Waals surface area contributed by atoms with Crippen molar-refractivity contribution in [3.63, 3.8) is 0 Å². The highest BCUT2D eigenvalue weighted by Gasteiger charge is 2.17. The van der Waals surface area contributed by atoms with E-state index in [0.717, 1.165) is 10.8 Å². The molecule has 12 heavy (non-hydrogen) atoms. The monoisotopic (exact) mass is 170 g/mol. The van der Waals surface area contributed by atoms with E-state index in [1.54, 1.807) is 0 Å². The molecule has 7 heteroatoms. The van der Waals surface area contributed by atoms with Gasteiger partial charge in [0.05, 0.1) is 7.05 Å². The van der Waals surface area contributed by atoms with Gasteiger partial charge < -0.3 is 20.0 Å². The van der Waals surface area contributed by atoms with Crippen molar-refractivity contribution in [2.24, 2.45) is 7.05 Å². The Balaban J connectivity index is 3.22. The molecule has 0 N–H and O–H groups in total. The smallest absolute Gasteiger partial charge is 0.434 e. The molecule has 0 saturated carbocycles. The fourth-order valence-electron chi connectivity index (χ4n) is 0.759. The van der Waals surface area contributed by atoms with Crippen LogP contribution in [0.1, 0.15) is 10.5 Å². The molecule has 64 valence electrons. The topological polar surface area (TPSA) is 101 Å². The van der Waals surface area contributed by atoms with Gasteiger partial charge in [-0.05, 0) is 4.92 Å². The number of carbonyl (C=O) groups is 1. The van der Waals surface area contributed by atoms with Crippen LogP contribution in [0.25, 0.3) is 0 Å². The molecule has 1 rings (SSSR count). The van der Waals surface area contributed by atoms with Crippen molar-refractivity contribution >= 4 is 11.9 Å². The third-order valence-corrected chi connectivity index (χ3v) is 1.34. The maximum absolute atomic E-state index is 10.3. The zero-order valence-electron chi connectivity index (χ0n) is 6.05. The number of carboxylic acids is 1. The lowest BCUT2D eigenvalue weighted by Gasteiger charge is -1.98. The summed E-state index contributed by atoms with van der Waals surface area (Å²) in [4.78, 5) is 22.9. The third-order valence-electron chi connectivity index (χ3n) is 1.34. The lowest BCUT2D eigenvalue weighted by atomic mass is 10.5. The molecule has 0 aliphatic rings. The molecule has 7 nitrogen and oxygen atoms in total. The number of imidazole rings is 1. The highest BCUT2D eigenvalue weighted by atomic mass is 16.6. The zero-order chi connectivity index (χ0) is 9.30. The molecule has 0 radical (unpaired) electrons. The summed E-state index contributed by atoms with van der Waals surface area (Å²) in [5.74, 6) is -2.01. The van der Waals surface area contributed by atoms with Gasteiger partial charge in [-0.1, -0.05) is 4.98 Å². The summed E-state index contributed by atoms with van der Waals surface area (Å²) in [5.41, 5.74) is -0.318. The first-order chi connectivity index (χ1) is 5.54. The molecule has 0 fully saturated rings. The van der Waals surface area contributed by atoms with E-state index >= 15 is 0 Å². The summed E-state index contributed by atoms with van der Waals surface area (Å²) in [5, 5.41) is 20.4. The fraction of sp³-hybridized carbons (Fsp3) is 0.200. The van der Waals surface area contributed by atoms with Gasteiger partial charge in [0.1, 0.15) is 12.2 Å². The standard InChI is InChI=1S/C5H5N3O4/c1-7-3(4(9)10)2-6-5(7)8(11)12/h2H,1H3,(H,9,10)/p-1. The van der Waals surface area contributed by atoms with Crippen molar-refractivity contribution in [1.82, 2.24) is 9.55 Å². The normalized spacial score (nSPS) is 9.75. The quantitative estimate of drug-likeness (QED) is 0.405. The van der Waals surface area contributed by atoms with Gasteiger partial charge in [-0.15, -0.1) is 0 Å². The number of carbonyl (C=O) groups excluding carboxylic acids is 1. The van der Waals surface area contributed by atoms with Crippen LogP contribution in [0.5, 0.6) is 0 Å². The van der Waals surface area contributed by atoms with Crippen LogP contribution >= 0.6 is 0 Å². The molecule has 0 aliphatic carbocycles. The Bertz CT molecular complexity index is 311. The van der Waals surface area contributed by atoms with Crippen LogP contribution in [0.4, 0.5) is 5.95 Å². The maximum atomic E-state index is 10.3. The molecule has 0 spiro atoms. The second kappa shape index (κ2) is 2.61. The van der Waals surface area contributed by atoms with E-state index in [9.17, 15) is 20.0 Å². The average molecular weight is 170 g/mol. The molecule has 1 aromatic heterocycles.